The van der Waals surface area contributed by atoms with Crippen LogP contribution in [-0.2, 0) is 14.9 Å². The van der Waals surface area contributed by atoms with Crippen molar-refractivity contribution in [2.45, 2.75) is 11.3 Å². The minimum Gasteiger partial charge on any atom is -0.477 e. The smallest absolute Gasteiger partial charge is 0.345 e. The molecule has 0 atom stereocenters. The minimum absolute atomic E-state index is 0.00206. The van der Waals surface area contributed by atoms with Crippen LogP contribution in [0.1, 0.15) is 16.1 Å². The molecule has 2 rings (SSSR count). The molecule has 0 radical (unpaired) electrons. The molecule has 2 heterocycles. The number of hydrogen-bond acceptors (Lipinski definition) is 5. The van der Waals surface area contributed by atoms with E-state index in [9.17, 15) is 13.2 Å². The highest BCUT2D eigenvalue weighted by Crippen LogP contribution is 2.24. The fraction of sp³-hybridized carbons (Fsp3) is 0.375. The van der Waals surface area contributed by atoms with Gasteiger partial charge in [-0.3, -0.25) is 4.84 Å². The molecule has 0 unspecified atom stereocenters. The quantitative estimate of drug-likeness (QED) is 0.870. The third kappa shape index (κ3) is 1.96. The maximum atomic E-state index is 11.9. The highest BCUT2D eigenvalue weighted by Gasteiger charge is 2.30. The van der Waals surface area contributed by atoms with Crippen LogP contribution < -0.4 is 0 Å². The Morgan fingerprint density at radius 2 is 2.31 bits per heavy atom. The molecule has 0 bridgehead atoms. The van der Waals surface area contributed by atoms with E-state index >= 15 is 0 Å². The number of carboxylic acid groups (broad SMARTS) is 1. The first kappa shape index (κ1) is 11.5. The molecule has 0 aliphatic carbocycles. The van der Waals surface area contributed by atoms with E-state index in [0.29, 0.717) is 19.6 Å². The van der Waals surface area contributed by atoms with Crippen molar-refractivity contribution in [3.8, 4) is 0 Å². The number of thiophene rings is 1. The molecule has 1 aromatic rings. The van der Waals surface area contributed by atoms with Crippen molar-refractivity contribution in [2.24, 2.45) is 0 Å². The van der Waals surface area contributed by atoms with Gasteiger partial charge in [-0.05, 0) is 12.5 Å². The van der Waals surface area contributed by atoms with Gasteiger partial charge in [-0.25, -0.2) is 13.2 Å². The van der Waals surface area contributed by atoms with Crippen LogP contribution in [0, 0.1) is 0 Å². The number of hydrogen-bond donors (Lipinski definition) is 1. The van der Waals surface area contributed by atoms with Crippen LogP contribution in [-0.4, -0.2) is 37.1 Å². The molecule has 1 aromatic heterocycles. The molecule has 0 amide bonds. The Kier molecular flexibility index (Phi) is 2.98. The molecular weight excluding hydrogens is 254 g/mol. The van der Waals surface area contributed by atoms with E-state index in [0.717, 1.165) is 21.9 Å². The molecule has 0 saturated carbocycles. The van der Waals surface area contributed by atoms with Gasteiger partial charge < -0.3 is 5.11 Å². The highest BCUT2D eigenvalue weighted by molar-refractivity contribution is 7.89. The topological polar surface area (TPSA) is 83.9 Å². The second-order valence-corrected chi connectivity index (χ2v) is 5.91. The van der Waals surface area contributed by atoms with Crippen LogP contribution in [0.3, 0.4) is 0 Å². The number of sulfonamides is 1. The van der Waals surface area contributed by atoms with E-state index in [4.69, 9.17) is 9.94 Å². The van der Waals surface area contributed by atoms with E-state index < -0.39 is 16.0 Å². The maximum absolute atomic E-state index is 11.9. The standard InChI is InChI=1S/C8H9NO5S2/c10-8(11)7-4-6(5-15-7)16(12,13)9-2-1-3-14-9/h4-5H,1-3H2,(H,10,11). The predicted octanol–water partition coefficient (Wildman–Crippen LogP) is 0.772. The van der Waals surface area contributed by atoms with Gasteiger partial charge in [-0.1, -0.05) is 4.47 Å². The monoisotopic (exact) mass is 263 g/mol. The second-order valence-electron chi connectivity index (χ2n) is 3.17. The van der Waals surface area contributed by atoms with Gasteiger partial charge in [0.15, 0.2) is 0 Å². The van der Waals surface area contributed by atoms with E-state index in [1.54, 1.807) is 0 Å². The molecular formula is C8H9NO5S2. The van der Waals surface area contributed by atoms with Crippen molar-refractivity contribution < 1.29 is 23.2 Å². The summed E-state index contributed by atoms with van der Waals surface area (Å²) in [6.07, 6.45) is 0.648. The van der Waals surface area contributed by atoms with Crippen LogP contribution in [0.4, 0.5) is 0 Å². The molecule has 0 spiro atoms. The first-order chi connectivity index (χ1) is 7.51. The van der Waals surface area contributed by atoms with Crippen LogP contribution in [0.2, 0.25) is 0 Å². The van der Waals surface area contributed by atoms with Gasteiger partial charge in [0.1, 0.15) is 4.88 Å². The minimum atomic E-state index is -3.69. The third-order valence-corrected chi connectivity index (χ3v) is 4.80. The predicted molar refractivity (Wildman–Crippen MR) is 55.7 cm³/mol. The fourth-order valence-electron chi connectivity index (χ4n) is 1.30. The van der Waals surface area contributed by atoms with Crippen LogP contribution in [0.25, 0.3) is 0 Å². The summed E-state index contributed by atoms with van der Waals surface area (Å²) < 4.78 is 24.7. The third-order valence-electron chi connectivity index (χ3n) is 2.07. The molecule has 0 aromatic carbocycles. The number of rotatable bonds is 3. The van der Waals surface area contributed by atoms with Crippen LogP contribution >= 0.6 is 11.3 Å². The van der Waals surface area contributed by atoms with E-state index in [1.807, 2.05) is 0 Å². The van der Waals surface area contributed by atoms with Gasteiger partial charge in [0.2, 0.25) is 0 Å². The SMILES string of the molecule is O=C(O)c1cc(S(=O)(=O)N2CCCO2)cs1. The fourth-order valence-corrected chi connectivity index (χ4v) is 3.69. The number of carboxylic acids is 1. The Morgan fingerprint density at radius 3 is 2.81 bits per heavy atom. The molecule has 6 nitrogen and oxygen atoms in total. The Hall–Kier alpha value is -0.960. The summed E-state index contributed by atoms with van der Waals surface area (Å²) in [5.41, 5.74) is 0. The molecule has 1 aliphatic rings. The molecule has 1 N–H and O–H groups in total. The maximum Gasteiger partial charge on any atom is 0.345 e. The zero-order chi connectivity index (χ0) is 11.8. The van der Waals surface area contributed by atoms with Crippen molar-refractivity contribution in [1.82, 2.24) is 4.47 Å². The summed E-state index contributed by atoms with van der Waals surface area (Å²) in [5, 5.41) is 10.0. The first-order valence-corrected chi connectivity index (χ1v) is 6.81. The summed E-state index contributed by atoms with van der Waals surface area (Å²) in [7, 11) is -3.69. The average Bonchev–Trinajstić information content (AvgIpc) is 2.90. The van der Waals surface area contributed by atoms with Crippen molar-refractivity contribution in [1.29, 1.82) is 0 Å². The molecule has 16 heavy (non-hydrogen) atoms. The van der Waals surface area contributed by atoms with Crippen molar-refractivity contribution in [3.63, 3.8) is 0 Å². The van der Waals surface area contributed by atoms with Crippen LogP contribution in [0.15, 0.2) is 16.3 Å². The second kappa shape index (κ2) is 4.13. The van der Waals surface area contributed by atoms with Gasteiger partial charge in [0.25, 0.3) is 10.0 Å². The van der Waals surface area contributed by atoms with Gasteiger partial charge in [0.05, 0.1) is 11.5 Å². The lowest BCUT2D eigenvalue weighted by Crippen LogP contribution is -2.26. The largest absolute Gasteiger partial charge is 0.477 e. The zero-order valence-electron chi connectivity index (χ0n) is 8.12. The summed E-state index contributed by atoms with van der Waals surface area (Å²) in [6.45, 7) is 0.676. The van der Waals surface area contributed by atoms with Crippen LogP contribution in [0.5, 0.6) is 0 Å². The lowest BCUT2D eigenvalue weighted by molar-refractivity contribution is -0.0284. The van der Waals surface area contributed by atoms with Gasteiger partial charge >= 0.3 is 5.97 Å². The molecule has 1 aliphatic heterocycles. The van der Waals surface area contributed by atoms with Gasteiger partial charge in [-0.2, -0.15) is 0 Å². The van der Waals surface area contributed by atoms with Gasteiger partial charge in [-0.15, -0.1) is 11.3 Å². The summed E-state index contributed by atoms with van der Waals surface area (Å²) in [4.78, 5) is 15.5. The Morgan fingerprint density at radius 1 is 1.56 bits per heavy atom. The van der Waals surface area contributed by atoms with Crippen molar-refractivity contribution in [2.75, 3.05) is 13.2 Å². The highest BCUT2D eigenvalue weighted by atomic mass is 32.2. The summed E-state index contributed by atoms with van der Waals surface area (Å²) in [5.74, 6) is -1.13. The molecule has 1 saturated heterocycles. The van der Waals surface area contributed by atoms with Crippen molar-refractivity contribution in [3.05, 3.63) is 16.3 Å². The Balaban J connectivity index is 2.31. The number of nitrogens with zero attached hydrogens (tertiary/aromatic N) is 1. The first-order valence-electron chi connectivity index (χ1n) is 4.49. The average molecular weight is 263 g/mol. The van der Waals surface area contributed by atoms with Gasteiger partial charge in [0, 0.05) is 11.9 Å². The van der Waals surface area contributed by atoms with E-state index in [-0.39, 0.29) is 9.77 Å². The lowest BCUT2D eigenvalue weighted by Gasteiger charge is -2.12. The van der Waals surface area contributed by atoms with E-state index in [2.05, 4.69) is 0 Å². The normalized spacial score (nSPS) is 17.8. The summed E-state index contributed by atoms with van der Waals surface area (Å²) in [6, 6.07) is 1.14. The zero-order valence-corrected chi connectivity index (χ0v) is 9.75. The molecule has 88 valence electrons. The van der Waals surface area contributed by atoms with E-state index in [1.165, 1.54) is 5.38 Å². The Bertz CT molecular complexity index is 500. The number of hydroxylamine groups is 1. The Labute approximate surface area is 96.1 Å². The number of carbonyl (C=O) groups is 1. The molecule has 8 heteroatoms. The molecule has 1 fully saturated rings. The number of aromatic carboxylic acids is 1. The summed E-state index contributed by atoms with van der Waals surface area (Å²) >= 11 is 0.882. The van der Waals surface area contributed by atoms with Crippen molar-refractivity contribution >= 4 is 27.3 Å². The lowest BCUT2D eigenvalue weighted by atomic mass is 10.5.